The Bertz CT molecular complexity index is 743. The highest BCUT2D eigenvalue weighted by Crippen LogP contribution is 2.26. The lowest BCUT2D eigenvalue weighted by Crippen LogP contribution is -2.18. The third-order valence-corrected chi connectivity index (χ3v) is 3.27. The lowest BCUT2D eigenvalue weighted by atomic mass is 9.94. The molecule has 0 aliphatic rings. The lowest BCUT2D eigenvalue weighted by Gasteiger charge is -2.15. The molecular formula is C17H16F2N2O2. The van der Waals surface area contributed by atoms with Crippen LogP contribution in [0.1, 0.15) is 28.4 Å². The molecule has 0 heterocycles. The molecule has 2 rings (SSSR count). The van der Waals surface area contributed by atoms with Gasteiger partial charge in [0.25, 0.3) is 5.91 Å². The molecule has 6 heteroatoms. The van der Waals surface area contributed by atoms with E-state index in [0.717, 1.165) is 6.07 Å². The summed E-state index contributed by atoms with van der Waals surface area (Å²) < 4.78 is 27.1. The molecule has 23 heavy (non-hydrogen) atoms. The van der Waals surface area contributed by atoms with Gasteiger partial charge in [0, 0.05) is 12.2 Å². The van der Waals surface area contributed by atoms with E-state index in [1.165, 1.54) is 30.3 Å². The first-order chi connectivity index (χ1) is 10.9. The first-order valence-corrected chi connectivity index (χ1v) is 6.85. The van der Waals surface area contributed by atoms with Gasteiger partial charge in [0.15, 0.2) is 0 Å². The summed E-state index contributed by atoms with van der Waals surface area (Å²) in [6.45, 7) is 5.45. The van der Waals surface area contributed by atoms with Gasteiger partial charge in [-0.3, -0.25) is 4.79 Å². The SMILES string of the molecule is C=C(C)c1c(CNO)ccc(F)c1C(=O)Nc1ccc(F)cc1. The van der Waals surface area contributed by atoms with E-state index in [1.807, 2.05) is 5.48 Å². The van der Waals surface area contributed by atoms with E-state index in [1.54, 1.807) is 6.92 Å². The second kappa shape index (κ2) is 7.13. The molecule has 0 atom stereocenters. The van der Waals surface area contributed by atoms with Crippen molar-refractivity contribution in [2.24, 2.45) is 0 Å². The number of anilines is 1. The fraction of sp³-hybridized carbons (Fsp3) is 0.118. The van der Waals surface area contributed by atoms with Crippen LogP contribution in [0.4, 0.5) is 14.5 Å². The van der Waals surface area contributed by atoms with Gasteiger partial charge >= 0.3 is 0 Å². The van der Waals surface area contributed by atoms with Crippen molar-refractivity contribution in [1.82, 2.24) is 5.48 Å². The number of nitrogens with one attached hydrogen (secondary N) is 2. The van der Waals surface area contributed by atoms with Crippen molar-refractivity contribution >= 4 is 17.2 Å². The Kier molecular flexibility index (Phi) is 5.20. The maximum Gasteiger partial charge on any atom is 0.259 e. The molecule has 0 aromatic heterocycles. The molecule has 0 unspecified atom stereocenters. The fourth-order valence-electron chi connectivity index (χ4n) is 2.29. The lowest BCUT2D eigenvalue weighted by molar-refractivity contribution is 0.102. The van der Waals surface area contributed by atoms with E-state index in [2.05, 4.69) is 11.9 Å². The summed E-state index contributed by atoms with van der Waals surface area (Å²) in [6.07, 6.45) is 0. The Labute approximate surface area is 132 Å². The van der Waals surface area contributed by atoms with Crippen molar-refractivity contribution in [3.05, 3.63) is 71.3 Å². The van der Waals surface area contributed by atoms with Gasteiger partial charge in [-0.15, -0.1) is 0 Å². The summed E-state index contributed by atoms with van der Waals surface area (Å²) in [4.78, 5) is 12.4. The summed E-state index contributed by atoms with van der Waals surface area (Å²) in [5, 5.41) is 11.4. The molecule has 0 saturated heterocycles. The van der Waals surface area contributed by atoms with Gasteiger partial charge in [-0.05, 0) is 54.0 Å². The monoisotopic (exact) mass is 318 g/mol. The molecule has 3 N–H and O–H groups in total. The summed E-state index contributed by atoms with van der Waals surface area (Å²) in [6, 6.07) is 7.76. The molecule has 0 fully saturated rings. The Morgan fingerprint density at radius 1 is 1.13 bits per heavy atom. The summed E-state index contributed by atoms with van der Waals surface area (Å²) >= 11 is 0. The van der Waals surface area contributed by atoms with E-state index >= 15 is 0 Å². The van der Waals surface area contributed by atoms with E-state index in [9.17, 15) is 13.6 Å². The zero-order chi connectivity index (χ0) is 17.0. The van der Waals surface area contributed by atoms with Crippen molar-refractivity contribution in [2.75, 3.05) is 5.32 Å². The van der Waals surface area contributed by atoms with Gasteiger partial charge < -0.3 is 10.5 Å². The van der Waals surface area contributed by atoms with Crippen LogP contribution in [-0.4, -0.2) is 11.1 Å². The molecule has 2 aromatic carbocycles. The van der Waals surface area contributed by atoms with Crippen LogP contribution in [0.15, 0.2) is 43.0 Å². The number of hydroxylamine groups is 1. The summed E-state index contributed by atoms with van der Waals surface area (Å²) in [5.74, 6) is -1.82. The summed E-state index contributed by atoms with van der Waals surface area (Å²) in [7, 11) is 0. The Morgan fingerprint density at radius 3 is 2.35 bits per heavy atom. The standard InChI is InChI=1S/C17H16F2N2O2/c1-10(2)15-11(9-20-23)3-8-14(19)16(15)17(22)21-13-6-4-12(18)5-7-13/h3-8,20,23H,1,9H2,2H3,(H,21,22). The van der Waals surface area contributed by atoms with Crippen molar-refractivity contribution < 1.29 is 18.8 Å². The molecular weight excluding hydrogens is 302 g/mol. The minimum atomic E-state index is -0.704. The quantitative estimate of drug-likeness (QED) is 0.736. The molecule has 120 valence electrons. The molecule has 1 amide bonds. The number of carbonyl (C=O) groups excluding carboxylic acids is 1. The predicted octanol–water partition coefficient (Wildman–Crippen LogP) is 3.73. The molecule has 0 bridgehead atoms. The van der Waals surface area contributed by atoms with Crippen molar-refractivity contribution in [3.63, 3.8) is 0 Å². The minimum Gasteiger partial charge on any atom is -0.322 e. The maximum atomic E-state index is 14.2. The minimum absolute atomic E-state index is 0.0410. The predicted molar refractivity (Wildman–Crippen MR) is 84.1 cm³/mol. The number of hydrogen-bond donors (Lipinski definition) is 3. The molecule has 0 saturated carbocycles. The highest BCUT2D eigenvalue weighted by molar-refractivity contribution is 6.07. The Hall–Kier alpha value is -2.57. The van der Waals surface area contributed by atoms with Crippen LogP contribution in [0.25, 0.3) is 5.57 Å². The van der Waals surface area contributed by atoms with Gasteiger partial charge in [0.05, 0.1) is 5.56 Å². The zero-order valence-corrected chi connectivity index (χ0v) is 12.5. The van der Waals surface area contributed by atoms with Crippen LogP contribution in [-0.2, 0) is 6.54 Å². The van der Waals surface area contributed by atoms with Crippen LogP contribution in [0.3, 0.4) is 0 Å². The topological polar surface area (TPSA) is 61.4 Å². The molecule has 0 radical (unpaired) electrons. The molecule has 2 aromatic rings. The highest BCUT2D eigenvalue weighted by atomic mass is 19.1. The highest BCUT2D eigenvalue weighted by Gasteiger charge is 2.20. The number of rotatable bonds is 5. The number of hydrogen-bond acceptors (Lipinski definition) is 3. The Morgan fingerprint density at radius 2 is 1.78 bits per heavy atom. The van der Waals surface area contributed by atoms with Crippen LogP contribution in [0.2, 0.25) is 0 Å². The first kappa shape index (κ1) is 16.8. The van der Waals surface area contributed by atoms with Crippen molar-refractivity contribution in [2.45, 2.75) is 13.5 Å². The average molecular weight is 318 g/mol. The molecule has 0 spiro atoms. The smallest absolute Gasteiger partial charge is 0.259 e. The number of carbonyl (C=O) groups is 1. The number of halogens is 2. The maximum absolute atomic E-state index is 14.2. The molecule has 0 aliphatic heterocycles. The van der Waals surface area contributed by atoms with Crippen LogP contribution < -0.4 is 10.8 Å². The van der Waals surface area contributed by atoms with Gasteiger partial charge in [0.1, 0.15) is 11.6 Å². The first-order valence-electron chi connectivity index (χ1n) is 6.85. The fourth-order valence-corrected chi connectivity index (χ4v) is 2.29. The van der Waals surface area contributed by atoms with Crippen molar-refractivity contribution in [3.8, 4) is 0 Å². The number of amides is 1. The molecule has 0 aliphatic carbocycles. The second-order valence-corrected chi connectivity index (χ2v) is 5.03. The van der Waals surface area contributed by atoms with Gasteiger partial charge in [0.2, 0.25) is 0 Å². The normalized spacial score (nSPS) is 10.4. The van der Waals surface area contributed by atoms with Crippen LogP contribution in [0, 0.1) is 11.6 Å². The van der Waals surface area contributed by atoms with E-state index in [4.69, 9.17) is 5.21 Å². The zero-order valence-electron chi connectivity index (χ0n) is 12.5. The largest absolute Gasteiger partial charge is 0.322 e. The van der Waals surface area contributed by atoms with Crippen LogP contribution in [0.5, 0.6) is 0 Å². The second-order valence-electron chi connectivity index (χ2n) is 5.03. The van der Waals surface area contributed by atoms with E-state index < -0.39 is 17.5 Å². The van der Waals surface area contributed by atoms with Gasteiger partial charge in [-0.2, -0.15) is 0 Å². The Balaban J connectivity index is 2.44. The average Bonchev–Trinajstić information content (AvgIpc) is 2.50. The van der Waals surface area contributed by atoms with E-state index in [-0.39, 0.29) is 12.1 Å². The molecule has 4 nitrogen and oxygen atoms in total. The van der Waals surface area contributed by atoms with Gasteiger partial charge in [-0.25, -0.2) is 14.3 Å². The van der Waals surface area contributed by atoms with Crippen molar-refractivity contribution in [1.29, 1.82) is 0 Å². The third kappa shape index (κ3) is 3.80. The number of benzene rings is 2. The van der Waals surface area contributed by atoms with Gasteiger partial charge in [-0.1, -0.05) is 12.6 Å². The summed E-state index contributed by atoms with van der Waals surface area (Å²) in [5.41, 5.74) is 3.50. The van der Waals surface area contributed by atoms with Crippen LogP contribution >= 0.6 is 0 Å². The third-order valence-electron chi connectivity index (χ3n) is 3.27. The number of allylic oxidation sites excluding steroid dienone is 1. The van der Waals surface area contributed by atoms with E-state index in [0.29, 0.717) is 22.4 Å².